The summed E-state index contributed by atoms with van der Waals surface area (Å²) in [4.78, 5) is 12.9. The molecule has 140 valence electrons. The van der Waals surface area contributed by atoms with Crippen LogP contribution in [0.3, 0.4) is 0 Å². The van der Waals surface area contributed by atoms with E-state index in [1.807, 2.05) is 22.7 Å². The molecule has 1 fully saturated rings. The van der Waals surface area contributed by atoms with E-state index in [0.29, 0.717) is 13.0 Å². The summed E-state index contributed by atoms with van der Waals surface area (Å²) in [6.07, 6.45) is 3.23. The van der Waals surface area contributed by atoms with Crippen molar-refractivity contribution in [2.24, 2.45) is 5.73 Å². The predicted octanol–water partition coefficient (Wildman–Crippen LogP) is 3.49. The van der Waals surface area contributed by atoms with E-state index in [1.165, 1.54) is 0 Å². The van der Waals surface area contributed by atoms with Gasteiger partial charge in [-0.3, -0.25) is 0 Å². The standard InChI is InChI=1S/C20H22N4O2S/c1-13-18(7-4-15-8-10-22-24(13)15)14-2-5-16(6-3-14)26-17-9-11-23(20(21)25)19(27)12-17/h2-8,10,17,19,27H,9,11-12H2,1H3,(H2,21,25). The summed E-state index contributed by atoms with van der Waals surface area (Å²) in [5.41, 5.74) is 9.80. The number of pyridine rings is 1. The first-order chi connectivity index (χ1) is 13.0. The highest BCUT2D eigenvalue weighted by atomic mass is 32.1. The van der Waals surface area contributed by atoms with Gasteiger partial charge in [-0.15, -0.1) is 0 Å². The van der Waals surface area contributed by atoms with E-state index in [9.17, 15) is 4.79 Å². The van der Waals surface area contributed by atoms with Crippen LogP contribution in [0.1, 0.15) is 18.5 Å². The number of benzene rings is 1. The Labute approximate surface area is 163 Å². The number of rotatable bonds is 3. The van der Waals surface area contributed by atoms with Crippen LogP contribution in [0.2, 0.25) is 0 Å². The number of likely N-dealkylation sites (tertiary alicyclic amines) is 1. The van der Waals surface area contributed by atoms with Crippen LogP contribution < -0.4 is 10.5 Å². The molecule has 4 rings (SSSR count). The molecule has 0 radical (unpaired) electrons. The van der Waals surface area contributed by atoms with Gasteiger partial charge in [0.2, 0.25) is 0 Å². The molecule has 0 aliphatic carbocycles. The minimum absolute atomic E-state index is 0.0242. The molecule has 1 aliphatic heterocycles. The van der Waals surface area contributed by atoms with Gasteiger partial charge in [-0.1, -0.05) is 18.2 Å². The average molecular weight is 382 g/mol. The van der Waals surface area contributed by atoms with E-state index in [0.717, 1.165) is 34.5 Å². The number of hydrogen-bond acceptors (Lipinski definition) is 4. The molecule has 0 spiro atoms. The number of aryl methyl sites for hydroxylation is 1. The molecule has 7 heteroatoms. The van der Waals surface area contributed by atoms with Gasteiger partial charge < -0.3 is 15.4 Å². The van der Waals surface area contributed by atoms with Crippen LogP contribution in [0.4, 0.5) is 4.79 Å². The van der Waals surface area contributed by atoms with Crippen molar-refractivity contribution in [3.8, 4) is 16.9 Å². The Morgan fingerprint density at radius 2 is 2.00 bits per heavy atom. The number of primary amides is 1. The lowest BCUT2D eigenvalue weighted by atomic mass is 10.0. The zero-order valence-corrected chi connectivity index (χ0v) is 16.0. The maximum Gasteiger partial charge on any atom is 0.315 e. The fraction of sp³-hybridized carbons (Fsp3) is 0.300. The second-order valence-electron chi connectivity index (χ2n) is 6.80. The molecule has 3 heterocycles. The lowest BCUT2D eigenvalue weighted by molar-refractivity contribution is 0.105. The number of amides is 2. The Morgan fingerprint density at radius 3 is 2.70 bits per heavy atom. The molecule has 1 saturated heterocycles. The molecule has 3 aromatic rings. The first-order valence-electron chi connectivity index (χ1n) is 8.97. The normalized spacial score (nSPS) is 20.0. The van der Waals surface area contributed by atoms with Crippen molar-refractivity contribution in [3.63, 3.8) is 0 Å². The Balaban J connectivity index is 1.48. The van der Waals surface area contributed by atoms with Crippen molar-refractivity contribution >= 4 is 24.2 Å². The number of aromatic nitrogens is 2. The molecule has 2 amide bonds. The molecule has 6 nitrogen and oxygen atoms in total. The molecule has 2 unspecified atom stereocenters. The number of hydrogen-bond donors (Lipinski definition) is 2. The SMILES string of the molecule is Cc1c(-c2ccc(OC3CCN(C(N)=O)C(S)C3)cc2)ccc2ccnn12. The average Bonchev–Trinajstić information content (AvgIpc) is 3.12. The van der Waals surface area contributed by atoms with Crippen molar-refractivity contribution in [2.45, 2.75) is 31.2 Å². The maximum absolute atomic E-state index is 11.3. The topological polar surface area (TPSA) is 72.9 Å². The molecule has 1 aliphatic rings. The fourth-order valence-electron chi connectivity index (χ4n) is 3.61. The summed E-state index contributed by atoms with van der Waals surface area (Å²) in [5, 5.41) is 4.17. The quantitative estimate of drug-likeness (QED) is 0.681. The minimum atomic E-state index is -0.428. The number of nitrogens with zero attached hydrogens (tertiary/aromatic N) is 3. The van der Waals surface area contributed by atoms with Gasteiger partial charge in [0.25, 0.3) is 0 Å². The van der Waals surface area contributed by atoms with Crippen LogP contribution in [-0.4, -0.2) is 38.6 Å². The predicted molar refractivity (Wildman–Crippen MR) is 108 cm³/mol. The third-order valence-corrected chi connectivity index (χ3v) is 5.57. The second-order valence-corrected chi connectivity index (χ2v) is 7.40. The van der Waals surface area contributed by atoms with Gasteiger partial charge >= 0.3 is 6.03 Å². The smallest absolute Gasteiger partial charge is 0.315 e. The minimum Gasteiger partial charge on any atom is -0.490 e. The molecular weight excluding hydrogens is 360 g/mol. The van der Waals surface area contributed by atoms with Crippen LogP contribution in [0.25, 0.3) is 16.6 Å². The lowest BCUT2D eigenvalue weighted by Gasteiger charge is -2.35. The molecule has 2 aromatic heterocycles. The molecule has 0 saturated carbocycles. The number of carbonyl (C=O) groups excluding carboxylic acids is 1. The zero-order valence-electron chi connectivity index (χ0n) is 15.1. The molecule has 1 aromatic carbocycles. The Hall–Kier alpha value is -2.67. The summed E-state index contributed by atoms with van der Waals surface area (Å²) in [5.74, 6) is 0.814. The van der Waals surface area contributed by atoms with Crippen molar-refractivity contribution in [1.82, 2.24) is 14.5 Å². The number of urea groups is 1. The van der Waals surface area contributed by atoms with Gasteiger partial charge in [-0.2, -0.15) is 17.7 Å². The fourth-order valence-corrected chi connectivity index (χ4v) is 4.07. The summed E-state index contributed by atoms with van der Waals surface area (Å²) < 4.78 is 8.03. The van der Waals surface area contributed by atoms with Crippen LogP contribution in [-0.2, 0) is 0 Å². The number of thiol groups is 1. The monoisotopic (exact) mass is 382 g/mol. The summed E-state index contributed by atoms with van der Waals surface area (Å²) in [6, 6.07) is 13.8. The zero-order chi connectivity index (χ0) is 19.0. The van der Waals surface area contributed by atoms with Gasteiger partial charge in [0, 0.05) is 36.8 Å². The van der Waals surface area contributed by atoms with Gasteiger partial charge in [0.1, 0.15) is 11.9 Å². The maximum atomic E-state index is 11.3. The third kappa shape index (κ3) is 3.47. The Bertz CT molecular complexity index is 970. The van der Waals surface area contributed by atoms with E-state index in [2.05, 4.69) is 48.9 Å². The van der Waals surface area contributed by atoms with E-state index in [4.69, 9.17) is 10.5 Å². The van der Waals surface area contributed by atoms with Crippen molar-refractivity contribution in [3.05, 3.63) is 54.4 Å². The number of piperidine rings is 1. The lowest BCUT2D eigenvalue weighted by Crippen LogP contribution is -2.48. The van der Waals surface area contributed by atoms with E-state index < -0.39 is 6.03 Å². The number of carbonyl (C=O) groups is 1. The highest BCUT2D eigenvalue weighted by molar-refractivity contribution is 7.80. The van der Waals surface area contributed by atoms with E-state index in [1.54, 1.807) is 11.1 Å². The number of ether oxygens (including phenoxy) is 1. The van der Waals surface area contributed by atoms with Crippen LogP contribution in [0.15, 0.2) is 48.7 Å². The molecule has 2 N–H and O–H groups in total. The highest BCUT2D eigenvalue weighted by Crippen LogP contribution is 2.28. The van der Waals surface area contributed by atoms with Crippen molar-refractivity contribution in [2.75, 3.05) is 6.54 Å². The molecule has 2 atom stereocenters. The third-order valence-electron chi connectivity index (χ3n) is 5.08. The van der Waals surface area contributed by atoms with Gasteiger partial charge in [-0.25, -0.2) is 9.31 Å². The van der Waals surface area contributed by atoms with Gasteiger partial charge in [0.05, 0.1) is 10.9 Å². The molecular formula is C20H22N4O2S. The first kappa shape index (κ1) is 17.7. The summed E-state index contributed by atoms with van der Waals surface area (Å²) in [7, 11) is 0. The molecule has 0 bridgehead atoms. The first-order valence-corrected chi connectivity index (χ1v) is 9.49. The largest absolute Gasteiger partial charge is 0.490 e. The highest BCUT2D eigenvalue weighted by Gasteiger charge is 2.29. The Morgan fingerprint density at radius 1 is 1.22 bits per heavy atom. The van der Waals surface area contributed by atoms with Gasteiger partial charge in [0.15, 0.2) is 0 Å². The Kier molecular flexibility index (Phi) is 4.70. The van der Waals surface area contributed by atoms with Gasteiger partial charge in [-0.05, 0) is 36.8 Å². The summed E-state index contributed by atoms with van der Waals surface area (Å²) in [6.45, 7) is 2.63. The molecule has 27 heavy (non-hydrogen) atoms. The van der Waals surface area contributed by atoms with Crippen LogP contribution in [0, 0.1) is 6.92 Å². The number of nitrogens with two attached hydrogens (primary N) is 1. The number of fused-ring (bicyclic) bond motifs is 1. The van der Waals surface area contributed by atoms with E-state index in [-0.39, 0.29) is 11.5 Å². The van der Waals surface area contributed by atoms with E-state index >= 15 is 0 Å². The van der Waals surface area contributed by atoms with Crippen LogP contribution in [0.5, 0.6) is 5.75 Å². The second kappa shape index (κ2) is 7.15. The van der Waals surface area contributed by atoms with Crippen molar-refractivity contribution in [1.29, 1.82) is 0 Å². The summed E-state index contributed by atoms with van der Waals surface area (Å²) >= 11 is 4.46. The van der Waals surface area contributed by atoms with Crippen LogP contribution >= 0.6 is 12.6 Å². The van der Waals surface area contributed by atoms with Crippen molar-refractivity contribution < 1.29 is 9.53 Å².